The summed E-state index contributed by atoms with van der Waals surface area (Å²) in [5.41, 5.74) is 6.53. The van der Waals surface area contributed by atoms with E-state index in [0.29, 0.717) is 58.2 Å². The van der Waals surface area contributed by atoms with Gasteiger partial charge in [-0.1, -0.05) is 127 Å². The number of halogens is 4. The highest BCUT2D eigenvalue weighted by molar-refractivity contribution is 14.1. The highest BCUT2D eigenvalue weighted by Gasteiger charge is 2.50. The van der Waals surface area contributed by atoms with Crippen LogP contribution in [-0.2, 0) is 29.9 Å². The van der Waals surface area contributed by atoms with E-state index in [-0.39, 0.29) is 42.1 Å². The summed E-state index contributed by atoms with van der Waals surface area (Å²) < 4.78 is 61.4. The minimum atomic E-state index is -0.981. The summed E-state index contributed by atoms with van der Waals surface area (Å²) in [5, 5.41) is 3.53. The van der Waals surface area contributed by atoms with Gasteiger partial charge in [0.25, 0.3) is 0 Å². The van der Waals surface area contributed by atoms with Crippen molar-refractivity contribution in [2.24, 2.45) is 4.99 Å². The van der Waals surface area contributed by atoms with Crippen LogP contribution in [0, 0.1) is 16.3 Å². The molecule has 4 aliphatic heterocycles. The normalized spacial score (nSPS) is 17.7. The van der Waals surface area contributed by atoms with E-state index in [0.717, 1.165) is 70.0 Å². The number of anilines is 2. The molecule has 12 nitrogen and oxygen atoms in total. The zero-order chi connectivity index (χ0) is 54.3. The number of aromatic nitrogens is 3. The summed E-state index contributed by atoms with van der Waals surface area (Å²) in [6.07, 6.45) is 6.51. The molecule has 6 heterocycles. The van der Waals surface area contributed by atoms with Crippen LogP contribution in [0.25, 0.3) is 11.3 Å². The standard InChI is InChI=1S/C63H58ClF2IN8O4/c1-41-30-51(72(33-42-20-24-49(76-2)25-21-42)34-43-22-26-50(77-3)27-23-43)71-59(57(41)67)53-55(64)58-54-60(56(53)66)79-52(78-38-62-28-13-29-74(62)35-47(65)31-62)37-73(61(54)70-39-69-58)36-48-32-68-40-75(48)63(44-14-7-4-8-15-44,45-16-9-5-10-17-45)46-18-11-6-12-19-46/h4-12,14-27,30,32,37,40,47,69H,13,28-29,31,33-36,38-39H2,1-3H3/t47-,62+/m1/s1. The number of nitrogens with one attached hydrogen (secondary N) is 1. The van der Waals surface area contributed by atoms with Gasteiger partial charge in [-0.25, -0.2) is 23.7 Å². The van der Waals surface area contributed by atoms with E-state index in [1.54, 1.807) is 20.4 Å². The Kier molecular flexibility index (Phi) is 14.5. The number of ether oxygens (including phenoxy) is 4. The fourth-order valence-electron chi connectivity index (χ4n) is 12.0. The van der Waals surface area contributed by atoms with Gasteiger partial charge in [-0.2, -0.15) is 0 Å². The van der Waals surface area contributed by atoms with Gasteiger partial charge in [0.1, 0.15) is 48.1 Å². The number of hydrogen-bond donors (Lipinski definition) is 1. The second-order valence-corrected chi connectivity index (χ2v) is 22.0. The van der Waals surface area contributed by atoms with Crippen molar-refractivity contribution in [3.8, 4) is 28.5 Å². The van der Waals surface area contributed by atoms with Gasteiger partial charge in [0, 0.05) is 29.6 Å². The molecule has 0 unspecified atom stereocenters. The number of alkyl halides is 1. The first-order valence-electron chi connectivity index (χ1n) is 26.5. The largest absolute Gasteiger partial charge is 0.497 e. The minimum absolute atomic E-state index is 0.0271. The molecule has 0 saturated carbocycles. The molecule has 0 amide bonds. The van der Waals surface area contributed by atoms with Gasteiger partial charge in [-0.05, 0) is 113 Å². The maximum atomic E-state index is 18.6. The maximum Gasteiger partial charge on any atom is 0.302 e. The first-order chi connectivity index (χ1) is 38.6. The molecule has 2 aromatic heterocycles. The van der Waals surface area contributed by atoms with Gasteiger partial charge in [-0.15, -0.1) is 0 Å². The lowest BCUT2D eigenvalue weighted by atomic mass is 9.76. The van der Waals surface area contributed by atoms with Crippen LogP contribution in [0.4, 0.5) is 20.3 Å². The second kappa shape index (κ2) is 22.0. The predicted molar refractivity (Wildman–Crippen MR) is 313 cm³/mol. The Morgan fingerprint density at radius 3 is 2.05 bits per heavy atom. The molecule has 12 rings (SSSR count). The third-order valence-corrected chi connectivity index (χ3v) is 17.5. The van der Waals surface area contributed by atoms with Crippen LogP contribution >= 0.6 is 34.2 Å². The molecule has 402 valence electrons. The molecule has 0 radical (unpaired) electrons. The number of hydrogen-bond acceptors (Lipinski definition) is 11. The number of methoxy groups -OCH3 is 2. The first-order valence-corrected chi connectivity index (χ1v) is 27.9. The van der Waals surface area contributed by atoms with Gasteiger partial charge in [0.2, 0.25) is 0 Å². The molecule has 2 fully saturated rings. The molecule has 0 spiro atoms. The Balaban J connectivity index is 0.993. The van der Waals surface area contributed by atoms with Crippen molar-refractivity contribution in [3.63, 3.8) is 0 Å². The quantitative estimate of drug-likeness (QED) is 0.0700. The van der Waals surface area contributed by atoms with E-state index >= 15 is 8.78 Å². The molecule has 4 aliphatic rings. The molecular weight excluding hydrogens is 1130 g/mol. The lowest BCUT2D eigenvalue weighted by Gasteiger charge is -2.39. The Hall–Kier alpha value is -7.47. The van der Waals surface area contributed by atoms with Crippen molar-refractivity contribution in [1.29, 1.82) is 0 Å². The monoisotopic (exact) mass is 1190 g/mol. The number of aliphatic imine (C=N–C) groups is 1. The van der Waals surface area contributed by atoms with E-state index < -0.39 is 23.1 Å². The van der Waals surface area contributed by atoms with Gasteiger partial charge < -0.3 is 38.6 Å². The molecule has 2 saturated heterocycles. The van der Waals surface area contributed by atoms with Crippen molar-refractivity contribution in [2.75, 3.05) is 50.8 Å². The number of rotatable bonds is 17. The Bertz CT molecular complexity index is 3430. The van der Waals surface area contributed by atoms with Crippen LogP contribution in [0.2, 0.25) is 5.02 Å². The van der Waals surface area contributed by atoms with Crippen molar-refractivity contribution in [1.82, 2.24) is 24.3 Å². The van der Waals surface area contributed by atoms with Crippen LogP contribution in [0.5, 0.6) is 17.2 Å². The Morgan fingerprint density at radius 2 is 1.46 bits per heavy atom. The van der Waals surface area contributed by atoms with Gasteiger partial charge in [-0.3, -0.25) is 4.90 Å². The highest BCUT2D eigenvalue weighted by atomic mass is 127. The third-order valence-electron chi connectivity index (χ3n) is 15.8. The van der Waals surface area contributed by atoms with E-state index in [1.807, 2.05) is 97.1 Å². The third kappa shape index (κ3) is 9.73. The van der Waals surface area contributed by atoms with E-state index in [1.165, 1.54) is 0 Å². The zero-order valence-electron chi connectivity index (χ0n) is 44.0. The number of amidine groups is 1. The number of aryl methyl sites for hydroxylation is 1. The number of fused-ring (bicyclic) bond motifs is 1. The smallest absolute Gasteiger partial charge is 0.302 e. The molecule has 0 bridgehead atoms. The Morgan fingerprint density at radius 1 is 0.848 bits per heavy atom. The molecule has 8 aromatic rings. The second-order valence-electron chi connectivity index (χ2n) is 20.5. The summed E-state index contributed by atoms with van der Waals surface area (Å²) >= 11 is 9.87. The summed E-state index contributed by atoms with van der Waals surface area (Å²) in [4.78, 5) is 21.5. The van der Waals surface area contributed by atoms with Gasteiger partial charge in [0.05, 0.1) is 78.3 Å². The number of benzene rings is 6. The number of pyridine rings is 1. The lowest BCUT2D eigenvalue weighted by molar-refractivity contribution is 0.0260. The molecule has 2 atom stereocenters. The van der Waals surface area contributed by atoms with Crippen LogP contribution < -0.4 is 24.4 Å². The van der Waals surface area contributed by atoms with Crippen molar-refractivity contribution in [2.45, 2.75) is 63.1 Å². The summed E-state index contributed by atoms with van der Waals surface area (Å²) in [7, 11) is 3.29. The highest BCUT2D eigenvalue weighted by Crippen LogP contribution is 2.50. The average Bonchev–Trinajstić information content (AvgIpc) is 4.33. The zero-order valence-corrected chi connectivity index (χ0v) is 46.9. The van der Waals surface area contributed by atoms with Crippen molar-refractivity contribution in [3.05, 3.63) is 229 Å². The maximum absolute atomic E-state index is 18.6. The van der Waals surface area contributed by atoms with E-state index in [4.69, 9.17) is 45.5 Å². The van der Waals surface area contributed by atoms with Gasteiger partial charge >= 0.3 is 5.95 Å². The van der Waals surface area contributed by atoms with Crippen LogP contribution in [0.15, 0.2) is 175 Å². The van der Waals surface area contributed by atoms with Crippen LogP contribution in [0.3, 0.4) is 0 Å². The van der Waals surface area contributed by atoms with Crippen LogP contribution in [0.1, 0.15) is 63.9 Å². The van der Waals surface area contributed by atoms with Gasteiger partial charge in [0.15, 0.2) is 11.6 Å². The molecule has 16 heteroatoms. The predicted octanol–water partition coefficient (Wildman–Crippen LogP) is 13.1. The average molecular weight is 1190 g/mol. The fraction of sp³-hybridized carbons (Fsp3) is 0.254. The fourth-order valence-corrected chi connectivity index (χ4v) is 12.9. The van der Waals surface area contributed by atoms with Crippen molar-refractivity contribution < 1.29 is 27.7 Å². The molecular formula is C63H58ClF2IN8O4. The van der Waals surface area contributed by atoms with Crippen molar-refractivity contribution >= 4 is 51.5 Å². The number of imidazole rings is 1. The summed E-state index contributed by atoms with van der Waals surface area (Å²) in [6.45, 7) is 4.50. The summed E-state index contributed by atoms with van der Waals surface area (Å²) in [6, 6.07) is 49.1. The lowest BCUT2D eigenvalue weighted by Crippen LogP contribution is -2.42. The molecule has 79 heavy (non-hydrogen) atoms. The molecule has 1 N–H and O–H groups in total. The topological polar surface area (TPSA) is 102 Å². The Labute approximate surface area is 477 Å². The SMILES string of the molecule is COc1ccc(CN(Cc2ccc(OC)cc2)c2cc(C)c(I)c(-c3c(F)c4c5c(c3Cl)NCN=C5N(Cc3cncn3C(c3ccccc3)(c3ccccc3)c3ccccc3)C=C(OC[C@@]35CCCN3C[C@H](F)C5)O4)n2)cc1. The first kappa shape index (κ1) is 52.2. The van der Waals surface area contributed by atoms with E-state index in [9.17, 15) is 0 Å². The molecule has 6 aromatic carbocycles. The molecule has 0 aliphatic carbocycles. The number of nitrogens with zero attached hydrogens (tertiary/aromatic N) is 7. The van der Waals surface area contributed by atoms with E-state index in [2.05, 4.69) is 115 Å². The minimum Gasteiger partial charge on any atom is -0.497 e. The summed E-state index contributed by atoms with van der Waals surface area (Å²) in [5.74, 6) is 1.69. The van der Waals surface area contributed by atoms with Crippen LogP contribution in [-0.4, -0.2) is 82.5 Å².